The third-order valence-electron chi connectivity index (χ3n) is 3.02. The second kappa shape index (κ2) is 10.4. The fraction of sp³-hybridized carbons (Fsp3) is 0.556. The maximum atomic E-state index is 11.4. The average molecular weight is 276 g/mol. The van der Waals surface area contributed by atoms with Gasteiger partial charge in [-0.2, -0.15) is 0 Å². The minimum absolute atomic E-state index is 0.156. The van der Waals surface area contributed by atoms with Crippen LogP contribution in [0.5, 0.6) is 0 Å². The molecule has 112 valence electrons. The Morgan fingerprint density at radius 3 is 2.30 bits per heavy atom. The number of hydrogen-bond acceptors (Lipinski definition) is 2. The molecule has 0 N–H and O–H groups in total. The zero-order valence-corrected chi connectivity index (χ0v) is 13.5. The van der Waals surface area contributed by atoms with Crippen molar-refractivity contribution >= 4 is 11.6 Å². The molecular formula is C18H28O2. The molecule has 0 fully saturated rings. The van der Waals surface area contributed by atoms with Crippen LogP contribution >= 0.6 is 0 Å². The van der Waals surface area contributed by atoms with E-state index in [9.17, 15) is 9.59 Å². The van der Waals surface area contributed by atoms with Gasteiger partial charge in [-0.1, -0.05) is 36.3 Å². The van der Waals surface area contributed by atoms with Gasteiger partial charge in [0.15, 0.2) is 5.78 Å². The third kappa shape index (κ3) is 10.5. The molecule has 0 amide bonds. The second-order valence-corrected chi connectivity index (χ2v) is 5.63. The summed E-state index contributed by atoms with van der Waals surface area (Å²) in [7, 11) is 0. The molecule has 0 aliphatic heterocycles. The Labute approximate surface area is 123 Å². The fourth-order valence-corrected chi connectivity index (χ4v) is 2.22. The molecule has 0 aliphatic carbocycles. The molecule has 0 saturated carbocycles. The SMILES string of the molecule is C/C=C/C(=O)C/C(C)=C/CC/C(C)=C/C(C)CC(C)=O. The number of allylic oxidation sites excluding steroid dienone is 6. The van der Waals surface area contributed by atoms with Crippen LogP contribution in [0, 0.1) is 5.92 Å². The zero-order chi connectivity index (χ0) is 15.5. The lowest BCUT2D eigenvalue weighted by Gasteiger charge is -2.06. The Balaban J connectivity index is 4.17. The predicted molar refractivity (Wildman–Crippen MR) is 85.6 cm³/mol. The average Bonchev–Trinajstić information content (AvgIpc) is 2.27. The first-order valence-electron chi connectivity index (χ1n) is 7.33. The smallest absolute Gasteiger partial charge is 0.159 e. The van der Waals surface area contributed by atoms with Crippen molar-refractivity contribution in [3.8, 4) is 0 Å². The summed E-state index contributed by atoms with van der Waals surface area (Å²) < 4.78 is 0. The second-order valence-electron chi connectivity index (χ2n) is 5.63. The van der Waals surface area contributed by atoms with Crippen LogP contribution in [0.15, 0.2) is 35.5 Å². The van der Waals surface area contributed by atoms with Gasteiger partial charge in [0.05, 0.1) is 0 Å². The minimum atomic E-state index is 0.156. The van der Waals surface area contributed by atoms with E-state index in [-0.39, 0.29) is 11.6 Å². The maximum Gasteiger partial charge on any atom is 0.159 e. The molecule has 0 heterocycles. The van der Waals surface area contributed by atoms with Crippen LogP contribution in [-0.4, -0.2) is 11.6 Å². The van der Waals surface area contributed by atoms with Gasteiger partial charge in [-0.05, 0) is 52.5 Å². The molecule has 20 heavy (non-hydrogen) atoms. The Kier molecular flexibility index (Phi) is 9.61. The van der Waals surface area contributed by atoms with Crippen molar-refractivity contribution < 1.29 is 9.59 Å². The van der Waals surface area contributed by atoms with E-state index in [1.54, 1.807) is 19.1 Å². The van der Waals surface area contributed by atoms with Crippen molar-refractivity contribution in [2.75, 3.05) is 0 Å². The maximum absolute atomic E-state index is 11.4. The molecular weight excluding hydrogens is 248 g/mol. The van der Waals surface area contributed by atoms with Crippen LogP contribution in [0.3, 0.4) is 0 Å². The Bertz CT molecular complexity index is 411. The predicted octanol–water partition coefficient (Wildman–Crippen LogP) is 4.81. The molecule has 0 spiro atoms. The Hall–Kier alpha value is -1.44. The summed E-state index contributed by atoms with van der Waals surface area (Å²) in [5.74, 6) is 0.706. The van der Waals surface area contributed by atoms with Gasteiger partial charge >= 0.3 is 0 Å². The highest BCUT2D eigenvalue weighted by Crippen LogP contribution is 2.13. The highest BCUT2D eigenvalue weighted by Gasteiger charge is 2.02. The van der Waals surface area contributed by atoms with Gasteiger partial charge in [0.1, 0.15) is 5.78 Å². The summed E-state index contributed by atoms with van der Waals surface area (Å²) in [6.45, 7) is 9.66. The van der Waals surface area contributed by atoms with Crippen LogP contribution in [0.1, 0.15) is 60.3 Å². The van der Waals surface area contributed by atoms with Gasteiger partial charge < -0.3 is 4.79 Å². The van der Waals surface area contributed by atoms with Crippen LogP contribution in [0.4, 0.5) is 0 Å². The van der Waals surface area contributed by atoms with Crippen molar-refractivity contribution in [1.29, 1.82) is 0 Å². The lowest BCUT2D eigenvalue weighted by Crippen LogP contribution is -1.99. The van der Waals surface area contributed by atoms with Gasteiger partial charge in [0.2, 0.25) is 0 Å². The van der Waals surface area contributed by atoms with Crippen molar-refractivity contribution in [1.82, 2.24) is 0 Å². The van der Waals surface area contributed by atoms with E-state index in [4.69, 9.17) is 0 Å². The molecule has 1 atom stereocenters. The first-order valence-corrected chi connectivity index (χ1v) is 7.33. The van der Waals surface area contributed by atoms with E-state index in [0.29, 0.717) is 18.8 Å². The summed E-state index contributed by atoms with van der Waals surface area (Å²) in [5.41, 5.74) is 2.43. The molecule has 1 unspecified atom stereocenters. The molecule has 0 rings (SSSR count). The molecule has 0 aliphatic rings. The highest BCUT2D eigenvalue weighted by atomic mass is 16.1. The van der Waals surface area contributed by atoms with Gasteiger partial charge in [0.25, 0.3) is 0 Å². The van der Waals surface area contributed by atoms with Crippen LogP contribution in [0.2, 0.25) is 0 Å². The number of carbonyl (C=O) groups is 2. The lowest BCUT2D eigenvalue weighted by atomic mass is 10.00. The largest absolute Gasteiger partial charge is 0.300 e. The lowest BCUT2D eigenvalue weighted by molar-refractivity contribution is -0.117. The monoisotopic (exact) mass is 276 g/mol. The third-order valence-corrected chi connectivity index (χ3v) is 3.02. The number of ketones is 2. The molecule has 0 saturated heterocycles. The molecule has 0 aromatic rings. The Morgan fingerprint density at radius 1 is 1.10 bits per heavy atom. The summed E-state index contributed by atoms with van der Waals surface area (Å²) >= 11 is 0. The van der Waals surface area contributed by atoms with Gasteiger partial charge in [-0.25, -0.2) is 0 Å². The summed E-state index contributed by atoms with van der Waals surface area (Å²) in [6, 6.07) is 0. The van der Waals surface area contributed by atoms with E-state index in [2.05, 4.69) is 26.0 Å². The summed E-state index contributed by atoms with van der Waals surface area (Å²) in [6.07, 6.45) is 10.8. The van der Waals surface area contributed by atoms with E-state index in [0.717, 1.165) is 18.4 Å². The minimum Gasteiger partial charge on any atom is -0.300 e. The zero-order valence-electron chi connectivity index (χ0n) is 13.5. The number of carbonyl (C=O) groups excluding carboxylic acids is 2. The summed E-state index contributed by atoms with van der Waals surface area (Å²) in [5, 5.41) is 0. The first-order chi connectivity index (χ1) is 9.35. The highest BCUT2D eigenvalue weighted by molar-refractivity contribution is 5.91. The van der Waals surface area contributed by atoms with Crippen molar-refractivity contribution in [3.05, 3.63) is 35.5 Å². The normalized spacial score (nSPS) is 14.7. The molecule has 0 aromatic heterocycles. The van der Waals surface area contributed by atoms with E-state index >= 15 is 0 Å². The topological polar surface area (TPSA) is 34.1 Å². The molecule has 0 bridgehead atoms. The van der Waals surface area contributed by atoms with E-state index < -0.39 is 0 Å². The quantitative estimate of drug-likeness (QED) is 0.447. The van der Waals surface area contributed by atoms with Crippen molar-refractivity contribution in [2.45, 2.75) is 60.3 Å². The fourth-order valence-electron chi connectivity index (χ4n) is 2.22. The van der Waals surface area contributed by atoms with Crippen LogP contribution in [0.25, 0.3) is 0 Å². The van der Waals surface area contributed by atoms with Gasteiger partial charge in [0, 0.05) is 12.8 Å². The molecule has 2 heteroatoms. The molecule has 0 aromatic carbocycles. The van der Waals surface area contributed by atoms with Crippen molar-refractivity contribution in [2.24, 2.45) is 5.92 Å². The number of hydrogen-bond donors (Lipinski definition) is 0. The number of rotatable bonds is 9. The molecule has 0 radical (unpaired) electrons. The number of Topliss-reactive ketones (excluding diaryl/α,β-unsaturated/α-hetero) is 1. The molecule has 2 nitrogen and oxygen atoms in total. The van der Waals surface area contributed by atoms with E-state index in [1.165, 1.54) is 5.57 Å². The van der Waals surface area contributed by atoms with Gasteiger partial charge in [-0.15, -0.1) is 0 Å². The van der Waals surface area contributed by atoms with Crippen LogP contribution < -0.4 is 0 Å². The summed E-state index contributed by atoms with van der Waals surface area (Å²) in [4.78, 5) is 22.4. The van der Waals surface area contributed by atoms with Gasteiger partial charge in [-0.3, -0.25) is 4.79 Å². The standard InChI is InChI=1S/C18H28O2/c1-6-8-18(20)13-15(3)10-7-9-14(2)11-16(4)12-17(5)19/h6,8,10-11,16H,7,9,12-13H2,1-5H3/b8-6+,14-11+,15-10+. The van der Waals surface area contributed by atoms with Crippen LogP contribution in [-0.2, 0) is 9.59 Å². The van der Waals surface area contributed by atoms with Crippen molar-refractivity contribution in [3.63, 3.8) is 0 Å². The Morgan fingerprint density at radius 2 is 1.75 bits per heavy atom. The van der Waals surface area contributed by atoms with E-state index in [1.807, 2.05) is 13.8 Å². The first kappa shape index (κ1) is 18.6.